The number of carbonyl (C=O) groups is 2. The molecule has 1 N–H and O–H groups in total. The average Bonchev–Trinajstić information content (AvgIpc) is 2.54. The van der Waals surface area contributed by atoms with Crippen LogP contribution in [0.4, 0.5) is 4.39 Å². The predicted molar refractivity (Wildman–Crippen MR) is 84.7 cm³/mol. The first-order valence-electron chi connectivity index (χ1n) is 7.88. The van der Waals surface area contributed by atoms with Gasteiger partial charge in [-0.2, -0.15) is 0 Å². The molecule has 1 aliphatic heterocycles. The average molecular weight is 322 g/mol. The highest BCUT2D eigenvalue weighted by Gasteiger charge is 2.23. The maximum Gasteiger partial charge on any atom is 0.251 e. The van der Waals surface area contributed by atoms with Crippen LogP contribution in [-0.4, -0.2) is 49.1 Å². The molecule has 0 unspecified atom stereocenters. The Balaban J connectivity index is 1.87. The minimum atomic E-state index is -0.398. The number of hydrogen-bond donors (Lipinski definition) is 1. The van der Waals surface area contributed by atoms with Crippen molar-refractivity contribution in [1.82, 2.24) is 10.2 Å². The number of halogens is 1. The quantitative estimate of drug-likeness (QED) is 0.901. The summed E-state index contributed by atoms with van der Waals surface area (Å²) in [7, 11) is 0. The molecule has 5 nitrogen and oxygen atoms in total. The van der Waals surface area contributed by atoms with Gasteiger partial charge in [0, 0.05) is 44.8 Å². The Labute approximate surface area is 135 Å². The zero-order valence-electron chi connectivity index (χ0n) is 13.6. The van der Waals surface area contributed by atoms with E-state index in [-0.39, 0.29) is 23.4 Å². The van der Waals surface area contributed by atoms with Gasteiger partial charge in [0.1, 0.15) is 5.82 Å². The highest BCUT2D eigenvalue weighted by Crippen LogP contribution is 2.14. The van der Waals surface area contributed by atoms with Crippen molar-refractivity contribution < 1.29 is 18.7 Å². The van der Waals surface area contributed by atoms with E-state index in [1.807, 2.05) is 0 Å². The molecule has 1 saturated heterocycles. The van der Waals surface area contributed by atoms with Gasteiger partial charge in [0.2, 0.25) is 5.91 Å². The van der Waals surface area contributed by atoms with Crippen LogP contribution in [0, 0.1) is 12.7 Å². The molecule has 1 fully saturated rings. The smallest absolute Gasteiger partial charge is 0.251 e. The van der Waals surface area contributed by atoms with Crippen LogP contribution in [0.5, 0.6) is 0 Å². The molecule has 0 atom stereocenters. The Hall–Kier alpha value is -1.95. The lowest BCUT2D eigenvalue weighted by Crippen LogP contribution is -2.46. The molecule has 126 valence electrons. The van der Waals surface area contributed by atoms with E-state index < -0.39 is 5.82 Å². The Kier molecular flexibility index (Phi) is 6.10. The number of ether oxygens (including phenoxy) is 1. The molecule has 1 aromatic carbocycles. The first kappa shape index (κ1) is 17.4. The van der Waals surface area contributed by atoms with Gasteiger partial charge < -0.3 is 15.0 Å². The Bertz CT molecular complexity index is 571. The Morgan fingerprint density at radius 3 is 2.65 bits per heavy atom. The first-order chi connectivity index (χ1) is 11.0. The van der Waals surface area contributed by atoms with E-state index in [2.05, 4.69) is 5.32 Å². The number of benzene rings is 1. The zero-order chi connectivity index (χ0) is 16.8. The lowest BCUT2D eigenvalue weighted by atomic mass is 10.1. The monoisotopic (exact) mass is 322 g/mol. The molecule has 0 aromatic heterocycles. The van der Waals surface area contributed by atoms with Crippen LogP contribution in [0.15, 0.2) is 18.2 Å². The molecule has 0 aliphatic carbocycles. The molecular weight excluding hydrogens is 299 g/mol. The lowest BCUT2D eigenvalue weighted by Gasteiger charge is -2.33. The number of nitrogens with one attached hydrogen (secondary N) is 1. The van der Waals surface area contributed by atoms with Crippen LogP contribution >= 0.6 is 0 Å². The Morgan fingerprint density at radius 1 is 1.35 bits per heavy atom. The predicted octanol–water partition coefficient (Wildman–Crippen LogP) is 1.89. The van der Waals surface area contributed by atoms with Crippen molar-refractivity contribution in [3.8, 4) is 0 Å². The number of amides is 2. The summed E-state index contributed by atoms with van der Waals surface area (Å²) >= 11 is 0. The van der Waals surface area contributed by atoms with Crippen LogP contribution in [0.1, 0.15) is 35.7 Å². The normalized spacial score (nSPS) is 15.3. The summed E-state index contributed by atoms with van der Waals surface area (Å²) in [4.78, 5) is 25.6. The molecule has 1 aromatic rings. The van der Waals surface area contributed by atoms with Gasteiger partial charge in [-0.25, -0.2) is 4.39 Å². The zero-order valence-corrected chi connectivity index (χ0v) is 13.6. The van der Waals surface area contributed by atoms with E-state index in [0.717, 1.165) is 12.8 Å². The summed E-state index contributed by atoms with van der Waals surface area (Å²) in [5, 5.41) is 2.74. The summed E-state index contributed by atoms with van der Waals surface area (Å²) in [6.07, 6.45) is 1.63. The van der Waals surface area contributed by atoms with Gasteiger partial charge in [0.05, 0.1) is 0 Å². The summed E-state index contributed by atoms with van der Waals surface area (Å²) in [5.41, 5.74) is 0.789. The van der Waals surface area contributed by atoms with Gasteiger partial charge in [-0.3, -0.25) is 9.59 Å². The number of rotatable bonds is 5. The molecule has 6 heteroatoms. The molecule has 1 aliphatic rings. The number of carbonyl (C=O) groups excluding carboxylic acids is 2. The molecule has 0 spiro atoms. The largest absolute Gasteiger partial charge is 0.381 e. The number of aryl methyl sites for hydroxylation is 1. The van der Waals surface area contributed by atoms with Gasteiger partial charge in [0.25, 0.3) is 5.91 Å². The van der Waals surface area contributed by atoms with Gasteiger partial charge >= 0.3 is 0 Å². The van der Waals surface area contributed by atoms with Crippen molar-refractivity contribution in [2.24, 2.45) is 0 Å². The second kappa shape index (κ2) is 8.06. The molecule has 0 bridgehead atoms. The summed E-state index contributed by atoms with van der Waals surface area (Å²) in [6, 6.07) is 4.56. The highest BCUT2D eigenvalue weighted by molar-refractivity contribution is 5.94. The van der Waals surface area contributed by atoms with Crippen molar-refractivity contribution in [3.63, 3.8) is 0 Å². The second-order valence-corrected chi connectivity index (χ2v) is 5.78. The van der Waals surface area contributed by atoms with Gasteiger partial charge in [-0.05, 0) is 37.5 Å². The van der Waals surface area contributed by atoms with Gasteiger partial charge in [0.15, 0.2) is 0 Å². The molecule has 0 radical (unpaired) electrons. The maximum absolute atomic E-state index is 13.5. The minimum absolute atomic E-state index is 0.00692. The lowest BCUT2D eigenvalue weighted by molar-refractivity contribution is -0.132. The first-order valence-corrected chi connectivity index (χ1v) is 7.88. The topological polar surface area (TPSA) is 58.6 Å². The van der Waals surface area contributed by atoms with Crippen molar-refractivity contribution in [2.75, 3.05) is 26.3 Å². The molecule has 1 heterocycles. The van der Waals surface area contributed by atoms with Crippen molar-refractivity contribution >= 4 is 11.8 Å². The summed E-state index contributed by atoms with van der Waals surface area (Å²) < 4.78 is 18.8. The number of nitrogens with zero attached hydrogens (tertiary/aromatic N) is 1. The van der Waals surface area contributed by atoms with E-state index >= 15 is 0 Å². The molecule has 0 saturated carbocycles. The Morgan fingerprint density at radius 2 is 2.04 bits per heavy atom. The molecular formula is C17H23FN2O3. The third-order valence-electron chi connectivity index (χ3n) is 4.11. The van der Waals surface area contributed by atoms with E-state index in [4.69, 9.17) is 4.74 Å². The van der Waals surface area contributed by atoms with Crippen molar-refractivity contribution in [1.29, 1.82) is 0 Å². The summed E-state index contributed by atoms with van der Waals surface area (Å²) in [5.74, 6) is -0.739. The number of hydrogen-bond acceptors (Lipinski definition) is 3. The van der Waals surface area contributed by atoms with Gasteiger partial charge in [-0.15, -0.1) is 0 Å². The fourth-order valence-electron chi connectivity index (χ4n) is 2.72. The van der Waals surface area contributed by atoms with E-state index in [0.29, 0.717) is 31.9 Å². The molecule has 2 amide bonds. The van der Waals surface area contributed by atoms with Crippen molar-refractivity contribution in [3.05, 3.63) is 35.1 Å². The SMILES string of the molecule is CC(=O)N(CCNC(=O)c1ccc(C)c(F)c1)C1CCOCC1. The minimum Gasteiger partial charge on any atom is -0.381 e. The fourth-order valence-corrected chi connectivity index (χ4v) is 2.72. The van der Waals surface area contributed by atoms with E-state index in [1.165, 1.54) is 13.0 Å². The van der Waals surface area contributed by atoms with Gasteiger partial charge in [-0.1, -0.05) is 6.07 Å². The third-order valence-corrected chi connectivity index (χ3v) is 4.11. The maximum atomic E-state index is 13.5. The van der Waals surface area contributed by atoms with Crippen LogP contribution < -0.4 is 5.32 Å². The van der Waals surface area contributed by atoms with Crippen LogP contribution in [0.3, 0.4) is 0 Å². The third kappa shape index (κ3) is 4.76. The van der Waals surface area contributed by atoms with Crippen LogP contribution in [0.2, 0.25) is 0 Å². The summed E-state index contributed by atoms with van der Waals surface area (Å²) in [6.45, 7) is 5.28. The van der Waals surface area contributed by atoms with Crippen LogP contribution in [-0.2, 0) is 9.53 Å². The van der Waals surface area contributed by atoms with Crippen molar-refractivity contribution in [2.45, 2.75) is 32.7 Å². The second-order valence-electron chi connectivity index (χ2n) is 5.78. The van der Waals surface area contributed by atoms with E-state index in [9.17, 15) is 14.0 Å². The molecule has 23 heavy (non-hydrogen) atoms. The fraction of sp³-hybridized carbons (Fsp3) is 0.529. The highest BCUT2D eigenvalue weighted by atomic mass is 19.1. The van der Waals surface area contributed by atoms with Crippen LogP contribution in [0.25, 0.3) is 0 Å². The van der Waals surface area contributed by atoms with E-state index in [1.54, 1.807) is 24.0 Å². The molecule has 2 rings (SSSR count). The standard InChI is InChI=1S/C17H23FN2O3/c1-12-3-4-14(11-16(12)18)17(22)19-7-8-20(13(2)21)15-5-9-23-10-6-15/h3-4,11,15H,5-10H2,1-2H3,(H,19,22).